The van der Waals surface area contributed by atoms with E-state index in [0.717, 1.165) is 6.26 Å². The molecule has 5 atom stereocenters. The predicted molar refractivity (Wildman–Crippen MR) is 73.3 cm³/mol. The molecule has 0 aromatic carbocycles. The lowest BCUT2D eigenvalue weighted by molar-refractivity contribution is -0.362. The van der Waals surface area contributed by atoms with Gasteiger partial charge in [0.2, 0.25) is 0 Å². The minimum absolute atomic E-state index is 0.258. The fourth-order valence-corrected chi connectivity index (χ4v) is 3.59. The third kappa shape index (κ3) is 3.30. The van der Waals surface area contributed by atoms with E-state index < -0.39 is 52.4 Å². The van der Waals surface area contributed by atoms with Crippen molar-refractivity contribution in [2.75, 3.05) is 12.9 Å². The van der Waals surface area contributed by atoms with Gasteiger partial charge in [-0.3, -0.25) is 4.18 Å². The van der Waals surface area contributed by atoms with Crippen molar-refractivity contribution in [1.82, 2.24) is 0 Å². The normalized spacial score (nSPS) is 43.4. The minimum Gasteiger partial charge on any atom is -0.348 e. The van der Waals surface area contributed by atoms with E-state index >= 15 is 0 Å². The first-order valence-corrected chi connectivity index (χ1v) is 8.99. The van der Waals surface area contributed by atoms with E-state index in [4.69, 9.17) is 27.9 Å². The van der Waals surface area contributed by atoms with Gasteiger partial charge in [-0.05, 0) is 27.7 Å². The highest BCUT2D eigenvalue weighted by Gasteiger charge is 2.59. The van der Waals surface area contributed by atoms with Crippen molar-refractivity contribution in [3.05, 3.63) is 0 Å². The first-order chi connectivity index (χ1) is 9.96. The molecule has 0 amide bonds. The maximum Gasteiger partial charge on any atom is 0.264 e. The second-order valence-electron chi connectivity index (χ2n) is 6.70. The number of hydrogen-bond donors (Lipinski definition) is 0. The van der Waals surface area contributed by atoms with Crippen LogP contribution in [0.2, 0.25) is 0 Å². The van der Waals surface area contributed by atoms with Crippen LogP contribution in [0, 0.1) is 0 Å². The Morgan fingerprint density at radius 3 is 2.27 bits per heavy atom. The summed E-state index contributed by atoms with van der Waals surface area (Å²) < 4.78 is 57.2. The lowest BCUT2D eigenvalue weighted by atomic mass is 9.97. The van der Waals surface area contributed by atoms with Gasteiger partial charge in [-0.15, -0.1) is 0 Å². The number of ether oxygens (including phenoxy) is 5. The van der Waals surface area contributed by atoms with Crippen molar-refractivity contribution in [3.63, 3.8) is 0 Å². The molecule has 0 N–H and O–H groups in total. The summed E-state index contributed by atoms with van der Waals surface area (Å²) in [6, 6.07) is 0. The molecule has 0 saturated carbocycles. The van der Waals surface area contributed by atoms with Crippen LogP contribution >= 0.6 is 0 Å². The summed E-state index contributed by atoms with van der Waals surface area (Å²) in [5.74, 6) is -1.75. The zero-order valence-electron chi connectivity index (χ0n) is 13.3. The van der Waals surface area contributed by atoms with E-state index in [1.54, 1.807) is 27.7 Å². The maximum atomic E-state index is 11.6. The Bertz CT molecular complexity index is 540. The first kappa shape index (κ1) is 16.6. The van der Waals surface area contributed by atoms with Crippen molar-refractivity contribution in [1.29, 1.82) is 0 Å². The van der Waals surface area contributed by atoms with E-state index in [1.165, 1.54) is 0 Å². The molecule has 3 rings (SSSR count). The maximum absolute atomic E-state index is 11.6. The molecule has 3 aliphatic rings. The van der Waals surface area contributed by atoms with Crippen molar-refractivity contribution >= 4 is 10.1 Å². The molecule has 0 aromatic rings. The van der Waals surface area contributed by atoms with E-state index in [1.807, 2.05) is 0 Å². The lowest BCUT2D eigenvalue weighted by Gasteiger charge is -2.48. The van der Waals surface area contributed by atoms with Gasteiger partial charge in [-0.1, -0.05) is 0 Å². The van der Waals surface area contributed by atoms with E-state index in [2.05, 4.69) is 0 Å². The molecule has 0 aromatic heterocycles. The van der Waals surface area contributed by atoms with Crippen LogP contribution in [0.25, 0.3) is 0 Å². The van der Waals surface area contributed by atoms with Crippen LogP contribution in [-0.2, 0) is 38.0 Å². The van der Waals surface area contributed by atoms with Crippen molar-refractivity contribution < 1.29 is 36.3 Å². The molecular weight excluding hydrogens is 316 g/mol. The first-order valence-electron chi connectivity index (χ1n) is 7.17. The number of hydrogen-bond acceptors (Lipinski definition) is 8. The van der Waals surface area contributed by atoms with Crippen molar-refractivity contribution in [2.24, 2.45) is 0 Å². The summed E-state index contributed by atoms with van der Waals surface area (Å²) in [5, 5.41) is 0. The Labute approximate surface area is 130 Å². The van der Waals surface area contributed by atoms with E-state index in [9.17, 15) is 8.42 Å². The summed E-state index contributed by atoms with van der Waals surface area (Å²) in [6.45, 7) is 7.23. The standard InChI is InChI=1S/C13H22O8S/c1-12(2)16-6-7-8(18-12)9(21-22(5,14)15)10-11(17-7)20-13(3,4)19-10/h7-11H,6H2,1-5H3/t7-,8-,9+,10-,11+/m1/s1. The Balaban J connectivity index is 1.91. The van der Waals surface area contributed by atoms with Crippen LogP contribution < -0.4 is 0 Å². The molecule has 3 aliphatic heterocycles. The number of fused-ring (bicyclic) bond motifs is 2. The Kier molecular flexibility index (Phi) is 3.84. The largest absolute Gasteiger partial charge is 0.348 e. The highest BCUT2D eigenvalue weighted by atomic mass is 32.2. The molecule has 3 fully saturated rings. The SMILES string of the molecule is CC1(C)O[C@@H]2O[C@@H]3COC(C)(C)O[C@H]3[C@H](OS(C)(=O)=O)[C@H]2O1. The van der Waals surface area contributed by atoms with Crippen LogP contribution in [0.4, 0.5) is 0 Å². The predicted octanol–water partition coefficient (Wildman–Crippen LogP) is 0.359. The zero-order valence-corrected chi connectivity index (χ0v) is 14.1. The topological polar surface area (TPSA) is 89.5 Å². The molecule has 0 bridgehead atoms. The van der Waals surface area contributed by atoms with Gasteiger partial charge in [-0.25, -0.2) is 0 Å². The summed E-state index contributed by atoms with van der Waals surface area (Å²) >= 11 is 0. The van der Waals surface area contributed by atoms with Crippen LogP contribution in [0.5, 0.6) is 0 Å². The van der Waals surface area contributed by atoms with E-state index in [-0.39, 0.29) is 6.61 Å². The van der Waals surface area contributed by atoms with Gasteiger partial charge >= 0.3 is 0 Å². The monoisotopic (exact) mass is 338 g/mol. The Hall–Kier alpha value is -0.290. The van der Waals surface area contributed by atoms with Crippen LogP contribution in [-0.4, -0.2) is 63.6 Å². The van der Waals surface area contributed by atoms with Gasteiger partial charge in [0.05, 0.1) is 12.9 Å². The third-order valence-electron chi connectivity index (χ3n) is 3.71. The molecule has 8 nitrogen and oxygen atoms in total. The fourth-order valence-electron chi connectivity index (χ4n) is 2.97. The zero-order chi connectivity index (χ0) is 16.3. The van der Waals surface area contributed by atoms with Gasteiger partial charge in [0, 0.05) is 0 Å². The molecule has 0 aliphatic carbocycles. The smallest absolute Gasteiger partial charge is 0.264 e. The Morgan fingerprint density at radius 2 is 1.64 bits per heavy atom. The quantitative estimate of drug-likeness (QED) is 0.667. The molecule has 22 heavy (non-hydrogen) atoms. The average molecular weight is 338 g/mol. The lowest BCUT2D eigenvalue weighted by Crippen LogP contribution is -2.64. The molecule has 0 radical (unpaired) electrons. The molecule has 128 valence electrons. The molecule has 9 heteroatoms. The summed E-state index contributed by atoms with van der Waals surface area (Å²) in [4.78, 5) is 0. The minimum atomic E-state index is -3.70. The second-order valence-corrected chi connectivity index (χ2v) is 8.30. The van der Waals surface area contributed by atoms with Gasteiger partial charge < -0.3 is 23.7 Å². The summed E-state index contributed by atoms with van der Waals surface area (Å²) in [7, 11) is -3.70. The second kappa shape index (κ2) is 5.10. The van der Waals surface area contributed by atoms with Crippen LogP contribution in [0.15, 0.2) is 0 Å². The van der Waals surface area contributed by atoms with Crippen LogP contribution in [0.1, 0.15) is 27.7 Å². The Morgan fingerprint density at radius 1 is 1.00 bits per heavy atom. The van der Waals surface area contributed by atoms with Gasteiger partial charge in [0.1, 0.15) is 24.4 Å². The fraction of sp³-hybridized carbons (Fsp3) is 1.00. The molecule has 0 spiro atoms. The average Bonchev–Trinajstić information content (AvgIpc) is 2.62. The van der Waals surface area contributed by atoms with E-state index in [0.29, 0.717) is 0 Å². The van der Waals surface area contributed by atoms with Crippen molar-refractivity contribution in [3.8, 4) is 0 Å². The van der Waals surface area contributed by atoms with Gasteiger partial charge in [-0.2, -0.15) is 8.42 Å². The highest BCUT2D eigenvalue weighted by Crippen LogP contribution is 2.41. The van der Waals surface area contributed by atoms with Crippen molar-refractivity contribution in [2.45, 2.75) is 70.0 Å². The molecule has 0 unspecified atom stereocenters. The highest BCUT2D eigenvalue weighted by molar-refractivity contribution is 7.86. The molecular formula is C13H22O8S. The number of rotatable bonds is 2. The summed E-state index contributed by atoms with van der Waals surface area (Å²) in [5.41, 5.74) is 0. The van der Waals surface area contributed by atoms with Crippen LogP contribution in [0.3, 0.4) is 0 Å². The third-order valence-corrected chi connectivity index (χ3v) is 4.28. The van der Waals surface area contributed by atoms with Gasteiger partial charge in [0.15, 0.2) is 17.9 Å². The molecule has 3 saturated heterocycles. The summed E-state index contributed by atoms with van der Waals surface area (Å²) in [6.07, 6.45) is -2.39. The molecule has 3 heterocycles. The van der Waals surface area contributed by atoms with Gasteiger partial charge in [0.25, 0.3) is 10.1 Å².